The van der Waals surface area contributed by atoms with Crippen LogP contribution >= 0.6 is 23.2 Å². The van der Waals surface area contributed by atoms with Crippen molar-refractivity contribution >= 4 is 44.8 Å². The molecule has 0 saturated carbocycles. The highest BCUT2D eigenvalue weighted by molar-refractivity contribution is 7.89. The molecule has 0 fully saturated rings. The maximum Gasteiger partial charge on any atom is 0.287 e. The van der Waals surface area contributed by atoms with E-state index in [0.717, 1.165) is 16.9 Å². The molecule has 3 rings (SSSR count). The zero-order valence-electron chi connectivity index (χ0n) is 16.8. The number of sulfonamides is 1. The minimum absolute atomic E-state index is 0.0455. The number of nitrogens with one attached hydrogen (secondary N) is 2. The summed E-state index contributed by atoms with van der Waals surface area (Å²) in [6.07, 6.45) is 3.08. The maximum absolute atomic E-state index is 12.8. The van der Waals surface area contributed by atoms with Crippen LogP contribution in [0.2, 0.25) is 10.0 Å². The first-order chi connectivity index (χ1) is 15.7. The number of anilines is 1. The number of amides is 1. The molecule has 33 heavy (non-hydrogen) atoms. The van der Waals surface area contributed by atoms with E-state index >= 15 is 0 Å². The van der Waals surface area contributed by atoms with Crippen molar-refractivity contribution in [2.45, 2.75) is 17.9 Å². The Morgan fingerprint density at radius 1 is 1.21 bits per heavy atom. The fourth-order valence-corrected chi connectivity index (χ4v) is 4.23. The summed E-state index contributed by atoms with van der Waals surface area (Å²) < 4.78 is 28.8. The number of pyridine rings is 1. The molecule has 13 heteroatoms. The van der Waals surface area contributed by atoms with Crippen LogP contribution in [0.3, 0.4) is 0 Å². The van der Waals surface area contributed by atoms with Gasteiger partial charge in [0.25, 0.3) is 5.56 Å². The van der Waals surface area contributed by atoms with E-state index in [1.807, 2.05) is 6.07 Å². The number of benzene rings is 1. The van der Waals surface area contributed by atoms with E-state index in [0.29, 0.717) is 12.1 Å². The summed E-state index contributed by atoms with van der Waals surface area (Å²) in [7, 11) is -4.06. The van der Waals surface area contributed by atoms with Crippen molar-refractivity contribution in [2.75, 3.05) is 11.9 Å². The summed E-state index contributed by atoms with van der Waals surface area (Å²) in [6.45, 7) is -0.424. The SMILES string of the molecule is N#Cc1ccc(NC(=O)Cn2ncc(Cl)c(Cl)c2=O)cc1S(=O)(=O)NCCc1ccccn1. The summed E-state index contributed by atoms with van der Waals surface area (Å²) in [5.41, 5.74) is -0.0368. The lowest BCUT2D eigenvalue weighted by atomic mass is 10.2. The van der Waals surface area contributed by atoms with Crippen molar-refractivity contribution in [3.8, 4) is 6.07 Å². The first-order valence-electron chi connectivity index (χ1n) is 9.36. The highest BCUT2D eigenvalue weighted by atomic mass is 35.5. The number of halogens is 2. The van der Waals surface area contributed by atoms with Gasteiger partial charge in [-0.3, -0.25) is 14.6 Å². The van der Waals surface area contributed by atoms with Crippen LogP contribution in [-0.2, 0) is 27.8 Å². The van der Waals surface area contributed by atoms with Crippen LogP contribution in [0.1, 0.15) is 11.3 Å². The molecular weight excluding hydrogens is 491 g/mol. The zero-order chi connectivity index (χ0) is 24.0. The van der Waals surface area contributed by atoms with Crippen molar-refractivity contribution in [1.82, 2.24) is 19.5 Å². The molecule has 0 aliphatic carbocycles. The second-order valence-corrected chi connectivity index (χ2v) is 9.13. The lowest BCUT2D eigenvalue weighted by molar-refractivity contribution is -0.117. The van der Waals surface area contributed by atoms with E-state index in [2.05, 4.69) is 20.1 Å². The lowest BCUT2D eigenvalue weighted by Gasteiger charge is -2.11. The standard InChI is InChI=1S/C20H16Cl2N6O4S/c21-16-11-25-28(20(30)19(16)22)12-18(29)27-15-5-4-13(10-23)17(9-15)33(31,32)26-8-6-14-3-1-2-7-24-14/h1-5,7,9,11,26H,6,8,12H2,(H,27,29). The number of carbonyl (C=O) groups excluding carboxylic acids is 1. The largest absolute Gasteiger partial charge is 0.324 e. The number of hydrogen-bond donors (Lipinski definition) is 2. The van der Waals surface area contributed by atoms with Gasteiger partial charge < -0.3 is 5.32 Å². The third-order valence-electron chi connectivity index (χ3n) is 4.31. The number of carbonyl (C=O) groups is 1. The Morgan fingerprint density at radius 2 is 2.00 bits per heavy atom. The molecule has 170 valence electrons. The molecule has 0 unspecified atom stereocenters. The van der Waals surface area contributed by atoms with Gasteiger partial charge in [-0.15, -0.1) is 0 Å². The molecular formula is C20H16Cl2N6O4S. The number of nitrogens with zero attached hydrogens (tertiary/aromatic N) is 4. The maximum atomic E-state index is 12.8. The van der Waals surface area contributed by atoms with E-state index in [4.69, 9.17) is 23.2 Å². The Kier molecular flexibility index (Phi) is 7.78. The van der Waals surface area contributed by atoms with Crippen LogP contribution in [-0.4, -0.2) is 35.6 Å². The van der Waals surface area contributed by atoms with Crippen LogP contribution in [0, 0.1) is 11.3 Å². The Balaban J connectivity index is 1.74. The quantitative estimate of drug-likeness (QED) is 0.474. The van der Waals surface area contributed by atoms with Crippen LogP contribution in [0.25, 0.3) is 0 Å². The molecule has 10 nitrogen and oxygen atoms in total. The van der Waals surface area contributed by atoms with E-state index in [9.17, 15) is 23.3 Å². The Hall–Kier alpha value is -3.30. The van der Waals surface area contributed by atoms with Gasteiger partial charge in [0.05, 0.1) is 16.8 Å². The first kappa shape index (κ1) is 24.3. The zero-order valence-corrected chi connectivity index (χ0v) is 19.2. The summed E-state index contributed by atoms with van der Waals surface area (Å²) >= 11 is 11.5. The van der Waals surface area contributed by atoms with Crippen LogP contribution in [0.5, 0.6) is 0 Å². The van der Waals surface area contributed by atoms with Gasteiger partial charge in [0.15, 0.2) is 0 Å². The second kappa shape index (κ2) is 10.5. The van der Waals surface area contributed by atoms with Crippen LogP contribution in [0.4, 0.5) is 5.69 Å². The molecule has 0 radical (unpaired) electrons. The van der Waals surface area contributed by atoms with Gasteiger partial charge in [0.1, 0.15) is 22.5 Å². The predicted octanol–water partition coefficient (Wildman–Crippen LogP) is 1.98. The highest BCUT2D eigenvalue weighted by Gasteiger charge is 2.20. The minimum atomic E-state index is -4.06. The smallest absolute Gasteiger partial charge is 0.287 e. The molecule has 1 aromatic carbocycles. The number of aromatic nitrogens is 3. The summed E-state index contributed by atoms with van der Waals surface area (Å²) in [4.78, 5) is 28.2. The number of rotatable bonds is 8. The molecule has 0 atom stereocenters. The molecule has 0 saturated heterocycles. The van der Waals surface area contributed by atoms with Gasteiger partial charge in [-0.1, -0.05) is 29.3 Å². The van der Waals surface area contributed by atoms with E-state index < -0.39 is 28.0 Å². The van der Waals surface area contributed by atoms with Crippen molar-refractivity contribution in [2.24, 2.45) is 0 Å². The first-order valence-corrected chi connectivity index (χ1v) is 11.6. The predicted molar refractivity (Wildman–Crippen MR) is 121 cm³/mol. The topological polar surface area (TPSA) is 147 Å². The van der Waals surface area contributed by atoms with Crippen molar-refractivity contribution in [1.29, 1.82) is 5.26 Å². The van der Waals surface area contributed by atoms with Gasteiger partial charge in [0.2, 0.25) is 15.9 Å². The lowest BCUT2D eigenvalue weighted by Crippen LogP contribution is -2.30. The van der Waals surface area contributed by atoms with Gasteiger partial charge in [0, 0.05) is 30.5 Å². The molecule has 1 amide bonds. The molecule has 0 aliphatic heterocycles. The third kappa shape index (κ3) is 6.15. The normalized spacial score (nSPS) is 11.1. The van der Waals surface area contributed by atoms with Crippen LogP contribution < -0.4 is 15.6 Å². The van der Waals surface area contributed by atoms with Gasteiger partial charge in [-0.05, 0) is 30.3 Å². The minimum Gasteiger partial charge on any atom is -0.324 e. The molecule has 3 aromatic rings. The molecule has 2 N–H and O–H groups in total. The number of hydrogen-bond acceptors (Lipinski definition) is 7. The van der Waals surface area contributed by atoms with Gasteiger partial charge >= 0.3 is 0 Å². The molecule has 0 aliphatic rings. The molecule has 2 aromatic heterocycles. The Bertz CT molecular complexity index is 1390. The van der Waals surface area contributed by atoms with Gasteiger partial charge in [-0.25, -0.2) is 17.8 Å². The van der Waals surface area contributed by atoms with Crippen LogP contribution in [0.15, 0.2) is 58.5 Å². The fraction of sp³-hybridized carbons (Fsp3) is 0.150. The van der Waals surface area contributed by atoms with E-state index in [1.54, 1.807) is 24.4 Å². The number of nitriles is 1. The van der Waals surface area contributed by atoms with Gasteiger partial charge in [-0.2, -0.15) is 10.4 Å². The van der Waals surface area contributed by atoms with Crippen molar-refractivity contribution in [3.63, 3.8) is 0 Å². The second-order valence-electron chi connectivity index (χ2n) is 6.61. The molecule has 0 spiro atoms. The monoisotopic (exact) mass is 506 g/mol. The molecule has 2 heterocycles. The van der Waals surface area contributed by atoms with Crippen molar-refractivity contribution < 1.29 is 13.2 Å². The Labute approximate surface area is 198 Å². The summed E-state index contributed by atoms with van der Waals surface area (Å²) in [5.74, 6) is -0.667. The van der Waals surface area contributed by atoms with E-state index in [-0.39, 0.29) is 32.7 Å². The van der Waals surface area contributed by atoms with Crippen molar-refractivity contribution in [3.05, 3.63) is 80.4 Å². The fourth-order valence-electron chi connectivity index (χ4n) is 2.75. The average molecular weight is 507 g/mol. The average Bonchev–Trinajstić information content (AvgIpc) is 2.80. The summed E-state index contributed by atoms with van der Waals surface area (Å²) in [5, 5.41) is 15.2. The molecule has 0 bridgehead atoms. The van der Waals surface area contributed by atoms with E-state index in [1.165, 1.54) is 12.1 Å². The Morgan fingerprint density at radius 3 is 2.70 bits per heavy atom. The summed E-state index contributed by atoms with van der Waals surface area (Å²) in [6, 6.07) is 10.9. The third-order valence-corrected chi connectivity index (χ3v) is 6.56. The highest BCUT2D eigenvalue weighted by Crippen LogP contribution is 2.20.